The third kappa shape index (κ3) is 3.61. The first kappa shape index (κ1) is 16.3. The average molecular weight is 356 g/mol. The number of hydrogen-bond donors (Lipinski definition) is 3. The van der Waals surface area contributed by atoms with Gasteiger partial charge >= 0.3 is 0 Å². The van der Waals surface area contributed by atoms with E-state index in [1.54, 1.807) is 11.3 Å². The van der Waals surface area contributed by atoms with Crippen LogP contribution in [0, 0.1) is 12.8 Å². The van der Waals surface area contributed by atoms with Crippen LogP contribution in [0.1, 0.15) is 44.7 Å². The highest BCUT2D eigenvalue weighted by Gasteiger charge is 2.21. The fourth-order valence-corrected chi connectivity index (χ4v) is 4.29. The van der Waals surface area contributed by atoms with E-state index in [9.17, 15) is 0 Å². The Balaban J connectivity index is 1.55. The predicted octanol–water partition coefficient (Wildman–Crippen LogP) is 4.85. The second kappa shape index (κ2) is 7.00. The highest BCUT2D eigenvalue weighted by Crippen LogP contribution is 2.31. The Hall–Kier alpha value is -2.15. The summed E-state index contributed by atoms with van der Waals surface area (Å²) in [5.41, 5.74) is 1.99. The molecule has 1 fully saturated rings. The molecule has 1 aliphatic rings. The summed E-state index contributed by atoms with van der Waals surface area (Å²) in [6.07, 6.45) is 6.29. The number of aryl methyl sites for hydroxylation is 1. The quantitative estimate of drug-likeness (QED) is 0.609. The van der Waals surface area contributed by atoms with Gasteiger partial charge in [0.05, 0.1) is 10.2 Å². The number of H-pyrrole nitrogens is 1. The first-order valence-corrected chi connectivity index (χ1v) is 9.90. The minimum absolute atomic E-state index is 0.472. The number of aromatic amines is 1. The van der Waals surface area contributed by atoms with Gasteiger partial charge in [-0.15, -0.1) is 11.3 Å². The molecule has 0 atom stereocenters. The van der Waals surface area contributed by atoms with Crippen molar-refractivity contribution in [1.82, 2.24) is 20.2 Å². The van der Waals surface area contributed by atoms with E-state index >= 15 is 0 Å². The maximum Gasteiger partial charge on any atom is 0.225 e. The molecule has 0 aliphatic heterocycles. The molecule has 3 aromatic heterocycles. The molecular weight excluding hydrogens is 332 g/mol. The number of fused-ring (bicyclic) bond motifs is 1. The smallest absolute Gasteiger partial charge is 0.225 e. The molecule has 0 bridgehead atoms. The standard InChI is InChI=1S/C18H24N6S/c1-3-12-4-6-13(7-5-12)19-18-20-14-8-9-25-16(14)17(22-18)21-15-10-11(2)23-24-15/h8-10,12-13H,3-7H2,1-2H3,(H3,19,20,21,22,23,24). The first-order valence-electron chi connectivity index (χ1n) is 9.02. The lowest BCUT2D eigenvalue weighted by molar-refractivity contribution is 0.329. The lowest BCUT2D eigenvalue weighted by Gasteiger charge is -2.28. The molecule has 0 amide bonds. The van der Waals surface area contributed by atoms with Gasteiger partial charge in [0.15, 0.2) is 11.6 Å². The molecule has 25 heavy (non-hydrogen) atoms. The molecule has 132 valence electrons. The molecular formula is C18H24N6S. The summed E-state index contributed by atoms with van der Waals surface area (Å²) >= 11 is 1.64. The number of hydrogen-bond acceptors (Lipinski definition) is 6. The number of rotatable bonds is 5. The van der Waals surface area contributed by atoms with Gasteiger partial charge in [-0.25, -0.2) is 4.98 Å². The maximum absolute atomic E-state index is 4.73. The van der Waals surface area contributed by atoms with Gasteiger partial charge in [-0.2, -0.15) is 10.1 Å². The molecule has 3 aromatic rings. The van der Waals surface area contributed by atoms with Gasteiger partial charge in [-0.05, 0) is 50.0 Å². The van der Waals surface area contributed by atoms with Crippen LogP contribution in [0.3, 0.4) is 0 Å². The molecule has 1 saturated carbocycles. The average Bonchev–Trinajstić information content (AvgIpc) is 3.24. The van der Waals surface area contributed by atoms with Crippen LogP contribution in [0.2, 0.25) is 0 Å². The molecule has 3 heterocycles. The Bertz CT molecular complexity index is 846. The van der Waals surface area contributed by atoms with Gasteiger partial charge in [0, 0.05) is 17.8 Å². The molecule has 0 unspecified atom stereocenters. The van der Waals surface area contributed by atoms with Crippen molar-refractivity contribution >= 4 is 39.1 Å². The second-order valence-corrected chi connectivity index (χ2v) is 7.78. The molecule has 7 heteroatoms. The van der Waals surface area contributed by atoms with Gasteiger partial charge in [-0.1, -0.05) is 13.3 Å². The first-order chi connectivity index (χ1) is 12.2. The molecule has 0 spiro atoms. The summed E-state index contributed by atoms with van der Waals surface area (Å²) in [7, 11) is 0. The second-order valence-electron chi connectivity index (χ2n) is 6.86. The Kier molecular flexibility index (Phi) is 4.57. The molecule has 1 aliphatic carbocycles. The minimum Gasteiger partial charge on any atom is -0.351 e. The number of aromatic nitrogens is 4. The number of thiophene rings is 1. The zero-order chi connectivity index (χ0) is 17.2. The Morgan fingerprint density at radius 1 is 1.24 bits per heavy atom. The Morgan fingerprint density at radius 2 is 2.08 bits per heavy atom. The summed E-state index contributed by atoms with van der Waals surface area (Å²) in [4.78, 5) is 9.43. The van der Waals surface area contributed by atoms with Crippen LogP contribution in [0.5, 0.6) is 0 Å². The third-order valence-electron chi connectivity index (χ3n) is 5.01. The van der Waals surface area contributed by atoms with Crippen LogP contribution in [0.25, 0.3) is 10.2 Å². The largest absolute Gasteiger partial charge is 0.351 e. The highest BCUT2D eigenvalue weighted by molar-refractivity contribution is 7.17. The maximum atomic E-state index is 4.73. The van der Waals surface area contributed by atoms with Crippen molar-refractivity contribution in [2.75, 3.05) is 10.6 Å². The number of nitrogens with zero attached hydrogens (tertiary/aromatic N) is 3. The summed E-state index contributed by atoms with van der Waals surface area (Å²) < 4.78 is 1.06. The fourth-order valence-electron chi connectivity index (χ4n) is 3.51. The SMILES string of the molecule is CCC1CCC(Nc2nc(Nc3cc(C)[nH]n3)c3sccc3n2)CC1. The van der Waals surface area contributed by atoms with Gasteiger partial charge in [-0.3, -0.25) is 5.10 Å². The Labute approximate surface area is 151 Å². The van der Waals surface area contributed by atoms with Crippen molar-refractivity contribution in [2.24, 2.45) is 5.92 Å². The van der Waals surface area contributed by atoms with Crippen molar-refractivity contribution < 1.29 is 0 Å². The van der Waals surface area contributed by atoms with Crippen LogP contribution >= 0.6 is 11.3 Å². The monoisotopic (exact) mass is 356 g/mol. The van der Waals surface area contributed by atoms with E-state index in [1.165, 1.54) is 32.1 Å². The van der Waals surface area contributed by atoms with Gasteiger partial charge in [0.1, 0.15) is 0 Å². The van der Waals surface area contributed by atoms with Gasteiger partial charge < -0.3 is 10.6 Å². The molecule has 4 rings (SSSR count). The van der Waals surface area contributed by atoms with Gasteiger partial charge in [0.25, 0.3) is 0 Å². The number of nitrogens with one attached hydrogen (secondary N) is 3. The van der Waals surface area contributed by atoms with Crippen LogP contribution in [0.4, 0.5) is 17.6 Å². The lowest BCUT2D eigenvalue weighted by atomic mass is 9.85. The van der Waals surface area contributed by atoms with Gasteiger partial charge in [0.2, 0.25) is 5.95 Å². The van der Waals surface area contributed by atoms with Crippen LogP contribution in [-0.4, -0.2) is 26.2 Å². The Morgan fingerprint density at radius 3 is 2.80 bits per heavy atom. The van der Waals surface area contributed by atoms with Crippen molar-refractivity contribution in [3.05, 3.63) is 23.2 Å². The van der Waals surface area contributed by atoms with Crippen molar-refractivity contribution in [2.45, 2.75) is 52.0 Å². The molecule has 3 N–H and O–H groups in total. The predicted molar refractivity (Wildman–Crippen MR) is 104 cm³/mol. The van der Waals surface area contributed by atoms with Crippen LogP contribution in [-0.2, 0) is 0 Å². The zero-order valence-electron chi connectivity index (χ0n) is 14.7. The topological polar surface area (TPSA) is 78.5 Å². The lowest BCUT2D eigenvalue weighted by Crippen LogP contribution is -2.26. The van der Waals surface area contributed by atoms with Crippen molar-refractivity contribution in [1.29, 1.82) is 0 Å². The summed E-state index contributed by atoms with van der Waals surface area (Å²) in [5.74, 6) is 3.19. The molecule has 0 radical (unpaired) electrons. The van der Waals surface area contributed by atoms with Crippen LogP contribution in [0.15, 0.2) is 17.5 Å². The number of anilines is 3. The molecule has 0 saturated heterocycles. The molecule has 6 nitrogen and oxygen atoms in total. The van der Waals surface area contributed by atoms with E-state index in [0.717, 1.165) is 33.5 Å². The van der Waals surface area contributed by atoms with E-state index in [0.29, 0.717) is 12.0 Å². The van der Waals surface area contributed by atoms with E-state index in [4.69, 9.17) is 9.97 Å². The van der Waals surface area contributed by atoms with Crippen LogP contribution < -0.4 is 10.6 Å². The van der Waals surface area contributed by atoms with Crippen molar-refractivity contribution in [3.63, 3.8) is 0 Å². The zero-order valence-corrected chi connectivity index (χ0v) is 15.5. The normalized spacial score (nSPS) is 20.7. The van der Waals surface area contributed by atoms with E-state index in [-0.39, 0.29) is 0 Å². The highest BCUT2D eigenvalue weighted by atomic mass is 32.1. The molecule has 0 aromatic carbocycles. The van der Waals surface area contributed by atoms with E-state index in [1.807, 2.05) is 19.1 Å². The van der Waals surface area contributed by atoms with Crippen molar-refractivity contribution in [3.8, 4) is 0 Å². The summed E-state index contributed by atoms with van der Waals surface area (Å²) in [5, 5.41) is 16.1. The third-order valence-corrected chi connectivity index (χ3v) is 5.92. The van der Waals surface area contributed by atoms with E-state index in [2.05, 4.69) is 33.1 Å². The van der Waals surface area contributed by atoms with E-state index < -0.39 is 0 Å². The minimum atomic E-state index is 0.472. The summed E-state index contributed by atoms with van der Waals surface area (Å²) in [6.45, 7) is 4.28. The fraction of sp³-hybridized carbons (Fsp3) is 0.500. The summed E-state index contributed by atoms with van der Waals surface area (Å²) in [6, 6.07) is 4.49.